The predicted molar refractivity (Wildman–Crippen MR) is 84.5 cm³/mol. The molecular formula is C14H10BrCl2NO2. The second-order valence-corrected chi connectivity index (χ2v) is 6.02. The molecule has 0 bridgehead atoms. The van der Waals surface area contributed by atoms with Gasteiger partial charge in [0.1, 0.15) is 0 Å². The first-order valence-corrected chi connectivity index (χ1v) is 7.41. The number of rotatable bonds is 4. The largest absolute Gasteiger partial charge is 0.272 e. The fourth-order valence-corrected chi connectivity index (χ4v) is 2.70. The van der Waals surface area contributed by atoms with Crippen LogP contribution in [0.4, 0.5) is 5.69 Å². The zero-order valence-electron chi connectivity index (χ0n) is 10.2. The maximum absolute atomic E-state index is 11.0. The number of alkyl halides is 1. The van der Waals surface area contributed by atoms with Crippen LogP contribution in [-0.2, 0) is 6.42 Å². The minimum Gasteiger partial charge on any atom is -0.258 e. The highest BCUT2D eigenvalue weighted by Gasteiger charge is 2.17. The highest BCUT2D eigenvalue weighted by molar-refractivity contribution is 9.10. The molecule has 0 aromatic heterocycles. The zero-order chi connectivity index (χ0) is 14.7. The van der Waals surface area contributed by atoms with E-state index in [9.17, 15) is 10.1 Å². The van der Waals surface area contributed by atoms with Gasteiger partial charge in [-0.05, 0) is 40.0 Å². The van der Waals surface area contributed by atoms with E-state index >= 15 is 0 Å². The average Bonchev–Trinajstić information content (AvgIpc) is 2.42. The summed E-state index contributed by atoms with van der Waals surface area (Å²) < 4.78 is 0.755. The second kappa shape index (κ2) is 6.57. The molecule has 0 saturated carbocycles. The highest BCUT2D eigenvalue weighted by atomic mass is 79.9. The van der Waals surface area contributed by atoms with Crippen molar-refractivity contribution in [2.24, 2.45) is 0 Å². The van der Waals surface area contributed by atoms with Gasteiger partial charge in [-0.2, -0.15) is 0 Å². The number of halogens is 3. The summed E-state index contributed by atoms with van der Waals surface area (Å²) in [5.41, 5.74) is 1.57. The van der Waals surface area contributed by atoms with Gasteiger partial charge >= 0.3 is 0 Å². The van der Waals surface area contributed by atoms with Crippen molar-refractivity contribution in [3.8, 4) is 0 Å². The van der Waals surface area contributed by atoms with Gasteiger partial charge in [0.05, 0.1) is 15.3 Å². The van der Waals surface area contributed by atoms with Gasteiger partial charge in [0.15, 0.2) is 0 Å². The molecule has 0 saturated heterocycles. The lowest BCUT2D eigenvalue weighted by Crippen LogP contribution is -2.00. The molecular weight excluding hydrogens is 365 g/mol. The molecule has 1 atom stereocenters. The van der Waals surface area contributed by atoms with Crippen molar-refractivity contribution in [1.29, 1.82) is 0 Å². The van der Waals surface area contributed by atoms with Gasteiger partial charge in [-0.1, -0.05) is 35.9 Å². The van der Waals surface area contributed by atoms with E-state index < -0.39 is 4.92 Å². The summed E-state index contributed by atoms with van der Waals surface area (Å²) >= 11 is 15.6. The summed E-state index contributed by atoms with van der Waals surface area (Å²) in [6.45, 7) is 0. The van der Waals surface area contributed by atoms with Crippen LogP contribution in [0.25, 0.3) is 0 Å². The molecule has 2 rings (SSSR count). The van der Waals surface area contributed by atoms with Gasteiger partial charge in [0.25, 0.3) is 5.69 Å². The molecule has 2 aromatic rings. The number of hydrogen-bond acceptors (Lipinski definition) is 2. The summed E-state index contributed by atoms with van der Waals surface area (Å²) in [5.74, 6) is 0. The topological polar surface area (TPSA) is 43.1 Å². The van der Waals surface area contributed by atoms with Crippen molar-refractivity contribution in [2.45, 2.75) is 11.8 Å². The molecule has 3 nitrogen and oxygen atoms in total. The van der Waals surface area contributed by atoms with Crippen molar-refractivity contribution in [2.75, 3.05) is 0 Å². The molecule has 0 fully saturated rings. The number of nitrogens with zero attached hydrogens (tertiary/aromatic N) is 1. The Bertz CT molecular complexity index is 649. The molecule has 0 amide bonds. The maximum Gasteiger partial charge on any atom is 0.272 e. The SMILES string of the molecule is O=[N+]([O-])c1ccccc1CC(Cl)c1ccc(Cl)c(Br)c1. The van der Waals surface area contributed by atoms with Crippen LogP contribution in [0.3, 0.4) is 0 Å². The van der Waals surface area contributed by atoms with E-state index in [1.54, 1.807) is 24.3 Å². The normalized spacial score (nSPS) is 12.2. The van der Waals surface area contributed by atoms with E-state index in [4.69, 9.17) is 23.2 Å². The van der Waals surface area contributed by atoms with Gasteiger partial charge in [-0.3, -0.25) is 10.1 Å². The molecule has 2 aromatic carbocycles. The number of hydrogen-bond donors (Lipinski definition) is 0. The molecule has 0 spiro atoms. The quantitative estimate of drug-likeness (QED) is 0.401. The van der Waals surface area contributed by atoms with Crippen LogP contribution in [0.15, 0.2) is 46.9 Å². The van der Waals surface area contributed by atoms with Gasteiger partial charge < -0.3 is 0 Å². The van der Waals surface area contributed by atoms with Crippen molar-refractivity contribution in [3.63, 3.8) is 0 Å². The van der Waals surface area contributed by atoms with Crippen LogP contribution in [-0.4, -0.2) is 4.92 Å². The fraction of sp³-hybridized carbons (Fsp3) is 0.143. The lowest BCUT2D eigenvalue weighted by molar-refractivity contribution is -0.385. The van der Waals surface area contributed by atoms with Gasteiger partial charge in [0.2, 0.25) is 0 Å². The molecule has 20 heavy (non-hydrogen) atoms. The molecule has 0 heterocycles. The van der Waals surface area contributed by atoms with E-state index in [0.717, 1.165) is 10.0 Å². The summed E-state index contributed by atoms with van der Waals surface area (Å²) in [7, 11) is 0. The van der Waals surface area contributed by atoms with Crippen molar-refractivity contribution >= 4 is 44.8 Å². The van der Waals surface area contributed by atoms with Crippen LogP contribution in [0, 0.1) is 10.1 Å². The Morgan fingerprint density at radius 3 is 2.60 bits per heavy atom. The summed E-state index contributed by atoms with van der Waals surface area (Å²) in [5, 5.41) is 11.2. The zero-order valence-corrected chi connectivity index (χ0v) is 13.3. The average molecular weight is 375 g/mol. The maximum atomic E-state index is 11.0. The summed E-state index contributed by atoms with van der Waals surface area (Å²) in [4.78, 5) is 10.6. The van der Waals surface area contributed by atoms with Crippen molar-refractivity contribution in [3.05, 3.63) is 73.2 Å². The lowest BCUT2D eigenvalue weighted by atomic mass is 10.0. The molecule has 0 aliphatic carbocycles. The number of para-hydroxylation sites is 1. The minimum atomic E-state index is -0.392. The van der Waals surface area contributed by atoms with E-state index in [-0.39, 0.29) is 11.1 Å². The Kier molecular flexibility index (Phi) is 5.02. The lowest BCUT2D eigenvalue weighted by Gasteiger charge is -2.11. The molecule has 0 N–H and O–H groups in total. The first-order valence-electron chi connectivity index (χ1n) is 5.80. The highest BCUT2D eigenvalue weighted by Crippen LogP contribution is 2.32. The molecule has 6 heteroatoms. The summed E-state index contributed by atoms with van der Waals surface area (Å²) in [6, 6.07) is 12.0. The van der Waals surface area contributed by atoms with Crippen LogP contribution in [0.5, 0.6) is 0 Å². The summed E-state index contributed by atoms with van der Waals surface area (Å²) in [6.07, 6.45) is 0.382. The minimum absolute atomic E-state index is 0.0891. The number of benzene rings is 2. The van der Waals surface area contributed by atoms with E-state index in [1.807, 2.05) is 12.1 Å². The van der Waals surface area contributed by atoms with Crippen molar-refractivity contribution < 1.29 is 4.92 Å². The van der Waals surface area contributed by atoms with Crippen molar-refractivity contribution in [1.82, 2.24) is 0 Å². The van der Waals surface area contributed by atoms with Crippen LogP contribution in [0.1, 0.15) is 16.5 Å². The van der Waals surface area contributed by atoms with Crippen LogP contribution >= 0.6 is 39.1 Å². The second-order valence-electron chi connectivity index (χ2n) is 4.23. The molecule has 0 aliphatic heterocycles. The van der Waals surface area contributed by atoms with E-state index in [2.05, 4.69) is 15.9 Å². The third-order valence-electron chi connectivity index (χ3n) is 2.89. The first kappa shape index (κ1) is 15.3. The predicted octanol–water partition coefficient (Wildman–Crippen LogP) is 5.53. The Balaban J connectivity index is 2.25. The number of nitro groups is 1. The molecule has 0 radical (unpaired) electrons. The van der Waals surface area contributed by atoms with E-state index in [1.165, 1.54) is 6.07 Å². The van der Waals surface area contributed by atoms with E-state index in [0.29, 0.717) is 17.0 Å². The molecule has 0 aliphatic rings. The van der Waals surface area contributed by atoms with Crippen LogP contribution < -0.4 is 0 Å². The Morgan fingerprint density at radius 2 is 1.95 bits per heavy atom. The Hall–Kier alpha value is -1.10. The Morgan fingerprint density at radius 1 is 1.25 bits per heavy atom. The first-order chi connectivity index (χ1) is 9.49. The number of nitro benzene ring substituents is 1. The van der Waals surface area contributed by atoms with Crippen LogP contribution in [0.2, 0.25) is 5.02 Å². The van der Waals surface area contributed by atoms with Gasteiger partial charge in [0, 0.05) is 16.1 Å². The smallest absolute Gasteiger partial charge is 0.258 e. The van der Waals surface area contributed by atoms with Gasteiger partial charge in [-0.15, -0.1) is 11.6 Å². The molecule has 1 unspecified atom stereocenters. The van der Waals surface area contributed by atoms with Gasteiger partial charge in [-0.25, -0.2) is 0 Å². The third-order valence-corrected chi connectivity index (χ3v) is 4.51. The standard InChI is InChI=1S/C14H10BrCl2NO2/c15-11-7-9(5-6-12(11)16)13(17)8-10-3-1-2-4-14(10)18(19)20/h1-7,13H,8H2. The molecule has 104 valence electrons. The third kappa shape index (κ3) is 3.51. The fourth-order valence-electron chi connectivity index (χ4n) is 1.88. The monoisotopic (exact) mass is 373 g/mol. The Labute approximate surface area is 134 Å².